The van der Waals surface area contributed by atoms with E-state index in [0.29, 0.717) is 0 Å². The molecule has 0 bridgehead atoms. The van der Waals surface area contributed by atoms with Crippen LogP contribution in [0, 0.1) is 0 Å². The molecule has 0 spiro atoms. The van der Waals surface area contributed by atoms with Crippen LogP contribution in [-0.2, 0) is 6.54 Å². The molecule has 0 saturated heterocycles. The summed E-state index contributed by atoms with van der Waals surface area (Å²) in [6.07, 6.45) is 0. The van der Waals surface area contributed by atoms with Crippen LogP contribution in [0.25, 0.3) is 5.69 Å². The van der Waals surface area contributed by atoms with E-state index in [-0.39, 0.29) is 0 Å². The van der Waals surface area contributed by atoms with Crippen LogP contribution in [0.15, 0.2) is 66.7 Å². The third-order valence-corrected chi connectivity index (χ3v) is 3.16. The maximum absolute atomic E-state index is 4.66. The average molecular weight is 278 g/mol. The number of rotatable bonds is 5. The van der Waals surface area contributed by atoms with Gasteiger partial charge in [0.2, 0.25) is 0 Å². The van der Waals surface area contributed by atoms with Crippen molar-refractivity contribution in [3.05, 3.63) is 72.4 Å². The van der Waals surface area contributed by atoms with Crippen LogP contribution in [-0.4, -0.2) is 16.8 Å². The summed E-state index contributed by atoms with van der Waals surface area (Å²) in [6, 6.07) is 22.3. The van der Waals surface area contributed by atoms with E-state index in [1.807, 2.05) is 72.4 Å². The normalized spacial score (nSPS) is 10.5. The molecule has 21 heavy (non-hydrogen) atoms. The highest BCUT2D eigenvalue weighted by Gasteiger charge is 2.09. The highest BCUT2D eigenvalue weighted by Crippen LogP contribution is 2.21. The second-order valence-corrected chi connectivity index (χ2v) is 4.79. The molecule has 0 atom stereocenters. The molecule has 0 unspecified atom stereocenters. The summed E-state index contributed by atoms with van der Waals surface area (Å²) in [6.45, 7) is 0.739. The van der Waals surface area contributed by atoms with E-state index in [4.69, 9.17) is 0 Å². The zero-order valence-electron chi connectivity index (χ0n) is 12.0. The number of anilines is 2. The van der Waals surface area contributed by atoms with E-state index in [9.17, 15) is 0 Å². The monoisotopic (exact) mass is 278 g/mol. The highest BCUT2D eigenvalue weighted by atomic mass is 15.3. The molecule has 0 fully saturated rings. The zero-order valence-corrected chi connectivity index (χ0v) is 12.0. The summed E-state index contributed by atoms with van der Waals surface area (Å²) in [5.41, 5.74) is 3.09. The second-order valence-electron chi connectivity index (χ2n) is 4.79. The lowest BCUT2D eigenvalue weighted by Crippen LogP contribution is -2.06. The molecule has 2 aromatic carbocycles. The van der Waals surface area contributed by atoms with Gasteiger partial charge in [-0.15, -0.1) is 0 Å². The van der Waals surface area contributed by atoms with Gasteiger partial charge in [0, 0.05) is 18.3 Å². The SMILES string of the molecule is CNCc1cc(Nc2ccccc2)n(-c2ccccc2)n1. The fourth-order valence-corrected chi connectivity index (χ4v) is 2.22. The van der Waals surface area contributed by atoms with Gasteiger partial charge in [0.15, 0.2) is 0 Å². The van der Waals surface area contributed by atoms with E-state index < -0.39 is 0 Å². The maximum Gasteiger partial charge on any atom is 0.134 e. The van der Waals surface area contributed by atoms with E-state index in [2.05, 4.69) is 21.8 Å². The minimum atomic E-state index is 0.739. The molecule has 1 aromatic heterocycles. The molecule has 4 nitrogen and oxygen atoms in total. The Balaban J connectivity index is 1.98. The Bertz CT molecular complexity index is 689. The number of hydrogen-bond donors (Lipinski definition) is 2. The fraction of sp³-hybridized carbons (Fsp3) is 0.118. The van der Waals surface area contributed by atoms with Crippen molar-refractivity contribution in [1.82, 2.24) is 15.1 Å². The van der Waals surface area contributed by atoms with Gasteiger partial charge in [0.25, 0.3) is 0 Å². The standard InChI is InChI=1S/C17H18N4/c1-18-13-15-12-17(19-14-8-4-2-5-9-14)21(20-15)16-10-6-3-7-11-16/h2-12,18-19H,13H2,1H3. The Labute approximate surface area is 124 Å². The third-order valence-electron chi connectivity index (χ3n) is 3.16. The van der Waals surface area contributed by atoms with Crippen molar-refractivity contribution in [3.8, 4) is 5.69 Å². The molecule has 1 heterocycles. The summed E-state index contributed by atoms with van der Waals surface area (Å²) in [5, 5.41) is 11.2. The van der Waals surface area contributed by atoms with E-state index in [1.54, 1.807) is 0 Å². The van der Waals surface area contributed by atoms with E-state index in [1.165, 1.54) is 0 Å². The van der Waals surface area contributed by atoms with Crippen LogP contribution in [0.4, 0.5) is 11.5 Å². The first-order chi connectivity index (χ1) is 10.4. The smallest absolute Gasteiger partial charge is 0.134 e. The lowest BCUT2D eigenvalue weighted by molar-refractivity contribution is 0.758. The first-order valence-electron chi connectivity index (χ1n) is 6.98. The van der Waals surface area contributed by atoms with E-state index in [0.717, 1.165) is 29.4 Å². The van der Waals surface area contributed by atoms with Crippen LogP contribution in [0.3, 0.4) is 0 Å². The Hall–Kier alpha value is -2.59. The Morgan fingerprint density at radius 3 is 2.29 bits per heavy atom. The molecule has 0 saturated carbocycles. The predicted molar refractivity (Wildman–Crippen MR) is 86.1 cm³/mol. The number of hydrogen-bond acceptors (Lipinski definition) is 3. The minimum absolute atomic E-state index is 0.739. The lowest BCUT2D eigenvalue weighted by atomic mass is 10.3. The minimum Gasteiger partial charge on any atom is -0.340 e. The lowest BCUT2D eigenvalue weighted by Gasteiger charge is -2.09. The fourth-order valence-electron chi connectivity index (χ4n) is 2.22. The van der Waals surface area contributed by atoms with Gasteiger partial charge in [-0.3, -0.25) is 0 Å². The van der Waals surface area contributed by atoms with Gasteiger partial charge in [-0.25, -0.2) is 4.68 Å². The number of nitrogens with zero attached hydrogens (tertiary/aromatic N) is 2. The summed E-state index contributed by atoms with van der Waals surface area (Å²) in [7, 11) is 1.92. The van der Waals surface area contributed by atoms with Crippen LogP contribution in [0.5, 0.6) is 0 Å². The second kappa shape index (κ2) is 6.24. The molecule has 0 aliphatic carbocycles. The topological polar surface area (TPSA) is 41.9 Å². The van der Waals surface area contributed by atoms with Gasteiger partial charge in [-0.05, 0) is 31.3 Å². The largest absolute Gasteiger partial charge is 0.340 e. The predicted octanol–water partition coefficient (Wildman–Crippen LogP) is 3.34. The average Bonchev–Trinajstić information content (AvgIpc) is 2.92. The molecular formula is C17H18N4. The van der Waals surface area contributed by atoms with Crippen molar-refractivity contribution < 1.29 is 0 Å². The van der Waals surface area contributed by atoms with E-state index >= 15 is 0 Å². The molecule has 4 heteroatoms. The van der Waals surface area contributed by atoms with Crippen molar-refractivity contribution in [2.75, 3.05) is 12.4 Å². The van der Waals surface area contributed by atoms with Crippen LogP contribution in [0.1, 0.15) is 5.69 Å². The molecule has 0 amide bonds. The summed E-state index contributed by atoms with van der Waals surface area (Å²) >= 11 is 0. The van der Waals surface area contributed by atoms with Gasteiger partial charge in [-0.2, -0.15) is 5.10 Å². The van der Waals surface area contributed by atoms with Gasteiger partial charge in [-0.1, -0.05) is 36.4 Å². The van der Waals surface area contributed by atoms with Crippen molar-refractivity contribution in [2.24, 2.45) is 0 Å². The molecule has 0 aliphatic rings. The number of benzene rings is 2. The number of nitrogens with one attached hydrogen (secondary N) is 2. The van der Waals surface area contributed by atoms with Gasteiger partial charge >= 0.3 is 0 Å². The Morgan fingerprint density at radius 1 is 0.952 bits per heavy atom. The molecule has 106 valence electrons. The van der Waals surface area contributed by atoms with Gasteiger partial charge < -0.3 is 10.6 Å². The molecule has 3 aromatic rings. The third kappa shape index (κ3) is 3.12. The molecule has 0 aliphatic heterocycles. The first kappa shape index (κ1) is 13.4. The Morgan fingerprint density at radius 2 is 1.62 bits per heavy atom. The first-order valence-corrected chi connectivity index (χ1v) is 6.98. The summed E-state index contributed by atoms with van der Waals surface area (Å²) in [4.78, 5) is 0. The molecular weight excluding hydrogens is 260 g/mol. The van der Waals surface area contributed by atoms with Crippen molar-refractivity contribution in [3.63, 3.8) is 0 Å². The van der Waals surface area contributed by atoms with Crippen LogP contribution < -0.4 is 10.6 Å². The van der Waals surface area contributed by atoms with Crippen molar-refractivity contribution in [1.29, 1.82) is 0 Å². The zero-order chi connectivity index (χ0) is 14.5. The number of aromatic nitrogens is 2. The summed E-state index contributed by atoms with van der Waals surface area (Å²) < 4.78 is 1.93. The van der Waals surface area contributed by atoms with Crippen LogP contribution in [0.2, 0.25) is 0 Å². The number of para-hydroxylation sites is 2. The van der Waals surface area contributed by atoms with Gasteiger partial charge in [0.1, 0.15) is 5.82 Å². The Kier molecular flexibility index (Phi) is 3.98. The molecule has 3 rings (SSSR count). The molecule has 2 N–H and O–H groups in total. The van der Waals surface area contributed by atoms with Crippen molar-refractivity contribution >= 4 is 11.5 Å². The molecule has 0 radical (unpaired) electrons. The quantitative estimate of drug-likeness (QED) is 0.752. The highest BCUT2D eigenvalue weighted by molar-refractivity contribution is 5.59. The van der Waals surface area contributed by atoms with Crippen molar-refractivity contribution in [2.45, 2.75) is 6.54 Å². The van der Waals surface area contributed by atoms with Crippen LogP contribution >= 0.6 is 0 Å². The van der Waals surface area contributed by atoms with Gasteiger partial charge in [0.05, 0.1) is 11.4 Å². The summed E-state index contributed by atoms with van der Waals surface area (Å²) in [5.74, 6) is 0.956. The maximum atomic E-state index is 4.66.